The molecule has 174 valence electrons. The number of benzene rings is 2. The number of ether oxygens (including phenoxy) is 2. The van der Waals surface area contributed by atoms with Gasteiger partial charge in [-0.3, -0.25) is 0 Å². The second-order valence-corrected chi connectivity index (χ2v) is 10.9. The van der Waals surface area contributed by atoms with Crippen molar-refractivity contribution in [1.82, 2.24) is 5.32 Å². The second-order valence-electron chi connectivity index (χ2n) is 9.81. The molecule has 2 rings (SSSR count). The normalized spacial score (nSPS) is 12.7. The van der Waals surface area contributed by atoms with Crippen LogP contribution in [0.25, 0.3) is 0 Å². The minimum absolute atomic E-state index is 0.142. The van der Waals surface area contributed by atoms with Crippen LogP contribution in [-0.4, -0.2) is 30.8 Å². The summed E-state index contributed by atoms with van der Waals surface area (Å²) in [6, 6.07) is 15.9. The third-order valence-corrected chi connectivity index (χ3v) is 5.81. The largest absolute Gasteiger partial charge is 0.467 e. The zero-order valence-electron chi connectivity index (χ0n) is 20.2. The van der Waals surface area contributed by atoms with Gasteiger partial charge in [0.05, 0.1) is 7.11 Å². The second kappa shape index (κ2) is 10.9. The zero-order valence-corrected chi connectivity index (χ0v) is 21.0. The van der Waals surface area contributed by atoms with E-state index in [9.17, 15) is 9.59 Å². The summed E-state index contributed by atoms with van der Waals surface area (Å²) >= 11 is 1.74. The van der Waals surface area contributed by atoms with Gasteiger partial charge >= 0.3 is 12.1 Å². The van der Waals surface area contributed by atoms with Crippen LogP contribution in [0.2, 0.25) is 0 Å². The van der Waals surface area contributed by atoms with Crippen molar-refractivity contribution in [3.05, 3.63) is 65.2 Å². The Balaban J connectivity index is 2.03. The highest BCUT2D eigenvalue weighted by Crippen LogP contribution is 2.27. The van der Waals surface area contributed by atoms with E-state index in [0.717, 1.165) is 16.2 Å². The Kier molecular flexibility index (Phi) is 8.79. The van der Waals surface area contributed by atoms with E-state index < -0.39 is 23.7 Å². The summed E-state index contributed by atoms with van der Waals surface area (Å²) in [5.41, 5.74) is 3.01. The molecule has 1 amide bonds. The Morgan fingerprint density at radius 2 is 1.62 bits per heavy atom. The lowest BCUT2D eigenvalue weighted by Gasteiger charge is -2.22. The first kappa shape index (κ1) is 25.8. The number of carbonyl (C=O) groups excluding carboxylic acids is 2. The van der Waals surface area contributed by atoms with Crippen LogP contribution < -0.4 is 5.32 Å². The molecule has 0 aliphatic carbocycles. The summed E-state index contributed by atoms with van der Waals surface area (Å²) in [5, 5.41) is 2.62. The minimum Gasteiger partial charge on any atom is -0.467 e. The van der Waals surface area contributed by atoms with E-state index in [2.05, 4.69) is 50.4 Å². The molecule has 5 nitrogen and oxygen atoms in total. The Bertz CT molecular complexity index is 911. The molecule has 0 saturated carbocycles. The average molecular weight is 458 g/mol. The highest BCUT2D eigenvalue weighted by Gasteiger charge is 2.25. The first-order valence-electron chi connectivity index (χ1n) is 10.8. The Morgan fingerprint density at radius 1 is 0.969 bits per heavy atom. The molecule has 0 unspecified atom stereocenters. The standard InChI is InChI=1S/C26H35NO4S/c1-25(2,3)20-13-11-18(12-14-20)17-32-21-10-8-9-19(15-21)16-22(23(28)30-7)27-24(29)31-26(4,5)6/h8-15,22H,16-17H2,1-7H3,(H,27,29)/t22-/m0/s1. The number of nitrogens with one attached hydrogen (secondary N) is 1. The molecule has 1 atom stereocenters. The van der Waals surface area contributed by atoms with Crippen molar-refractivity contribution in [3.63, 3.8) is 0 Å². The predicted molar refractivity (Wildman–Crippen MR) is 130 cm³/mol. The van der Waals surface area contributed by atoms with Gasteiger partial charge in [0.15, 0.2) is 0 Å². The predicted octanol–water partition coefficient (Wildman–Crippen LogP) is 5.89. The number of methoxy groups -OCH3 is 1. The van der Waals surface area contributed by atoms with Gasteiger partial charge in [0.1, 0.15) is 11.6 Å². The quantitative estimate of drug-likeness (QED) is 0.415. The lowest BCUT2D eigenvalue weighted by atomic mass is 9.87. The van der Waals surface area contributed by atoms with E-state index in [-0.39, 0.29) is 5.41 Å². The SMILES string of the molecule is COC(=O)[C@H](Cc1cccc(SCc2ccc(C(C)(C)C)cc2)c1)NC(=O)OC(C)(C)C. The summed E-state index contributed by atoms with van der Waals surface area (Å²) in [7, 11) is 1.31. The van der Waals surface area contributed by atoms with Gasteiger partial charge in [0, 0.05) is 17.1 Å². The lowest BCUT2D eigenvalue weighted by molar-refractivity contribution is -0.143. The van der Waals surface area contributed by atoms with Gasteiger partial charge in [0.25, 0.3) is 0 Å². The summed E-state index contributed by atoms with van der Waals surface area (Å²) in [6.07, 6.45) is -0.322. The van der Waals surface area contributed by atoms with E-state index >= 15 is 0 Å². The molecule has 2 aromatic carbocycles. The molecular weight excluding hydrogens is 422 g/mol. The fourth-order valence-electron chi connectivity index (χ4n) is 3.05. The smallest absolute Gasteiger partial charge is 0.408 e. The average Bonchev–Trinajstić information content (AvgIpc) is 2.70. The summed E-state index contributed by atoms with van der Waals surface area (Å²) in [6.45, 7) is 12.0. The first-order chi connectivity index (χ1) is 14.9. The number of alkyl carbamates (subject to hydrolysis) is 1. The minimum atomic E-state index is -0.819. The summed E-state index contributed by atoms with van der Waals surface area (Å²) < 4.78 is 10.1. The van der Waals surface area contributed by atoms with Crippen molar-refractivity contribution in [2.45, 2.75) is 75.7 Å². The van der Waals surface area contributed by atoms with Gasteiger partial charge < -0.3 is 14.8 Å². The molecule has 0 radical (unpaired) electrons. The molecule has 0 aliphatic heterocycles. The van der Waals surface area contributed by atoms with Crippen molar-refractivity contribution in [1.29, 1.82) is 0 Å². The molecule has 32 heavy (non-hydrogen) atoms. The monoisotopic (exact) mass is 457 g/mol. The van der Waals surface area contributed by atoms with Crippen LogP contribution in [0.4, 0.5) is 4.79 Å². The maximum atomic E-state index is 12.2. The van der Waals surface area contributed by atoms with Crippen LogP contribution in [0.3, 0.4) is 0 Å². The number of amides is 1. The molecule has 1 N–H and O–H groups in total. The van der Waals surface area contributed by atoms with Gasteiger partial charge in [-0.1, -0.05) is 57.2 Å². The summed E-state index contributed by atoms with van der Waals surface area (Å²) in [4.78, 5) is 25.5. The van der Waals surface area contributed by atoms with Gasteiger partial charge in [0.2, 0.25) is 0 Å². The Labute approximate surface area is 196 Å². The Hall–Kier alpha value is -2.47. The zero-order chi connectivity index (χ0) is 23.9. The molecule has 6 heteroatoms. The number of esters is 1. The molecule has 0 saturated heterocycles. The van der Waals surface area contributed by atoms with Crippen LogP contribution >= 0.6 is 11.8 Å². The van der Waals surface area contributed by atoms with Crippen molar-refractivity contribution in [2.75, 3.05) is 7.11 Å². The van der Waals surface area contributed by atoms with E-state index in [1.54, 1.807) is 32.5 Å². The third-order valence-electron chi connectivity index (χ3n) is 4.74. The van der Waals surface area contributed by atoms with Crippen LogP contribution in [0.1, 0.15) is 58.2 Å². The van der Waals surface area contributed by atoms with Gasteiger partial charge in [-0.2, -0.15) is 0 Å². The van der Waals surface area contributed by atoms with Gasteiger partial charge in [-0.05, 0) is 55.0 Å². The summed E-state index contributed by atoms with van der Waals surface area (Å²) in [5.74, 6) is 0.345. The van der Waals surface area contributed by atoms with E-state index in [4.69, 9.17) is 9.47 Å². The van der Waals surface area contributed by atoms with Crippen molar-refractivity contribution in [3.8, 4) is 0 Å². The van der Waals surface area contributed by atoms with Crippen LogP contribution in [0.15, 0.2) is 53.4 Å². The highest BCUT2D eigenvalue weighted by atomic mass is 32.2. The molecule has 2 aromatic rings. The first-order valence-corrected chi connectivity index (χ1v) is 11.7. The lowest BCUT2D eigenvalue weighted by Crippen LogP contribution is -2.45. The highest BCUT2D eigenvalue weighted by molar-refractivity contribution is 7.98. The van der Waals surface area contributed by atoms with Crippen LogP contribution in [-0.2, 0) is 31.9 Å². The molecule has 0 aliphatic rings. The fourth-order valence-corrected chi connectivity index (χ4v) is 3.99. The molecule has 0 aromatic heterocycles. The number of hydrogen-bond donors (Lipinski definition) is 1. The van der Waals surface area contributed by atoms with Crippen molar-refractivity contribution < 1.29 is 19.1 Å². The van der Waals surface area contributed by atoms with E-state index in [0.29, 0.717) is 6.42 Å². The number of carbonyl (C=O) groups is 2. The van der Waals surface area contributed by atoms with Gasteiger partial charge in [-0.15, -0.1) is 11.8 Å². The molecular formula is C26H35NO4S. The van der Waals surface area contributed by atoms with E-state index in [1.807, 2.05) is 24.3 Å². The molecule has 0 bridgehead atoms. The van der Waals surface area contributed by atoms with Crippen molar-refractivity contribution >= 4 is 23.8 Å². The van der Waals surface area contributed by atoms with Gasteiger partial charge in [-0.25, -0.2) is 9.59 Å². The molecule has 0 fully saturated rings. The molecule has 0 heterocycles. The number of hydrogen-bond acceptors (Lipinski definition) is 5. The Morgan fingerprint density at radius 3 is 2.19 bits per heavy atom. The fraction of sp³-hybridized carbons (Fsp3) is 0.462. The number of thioether (sulfide) groups is 1. The topological polar surface area (TPSA) is 64.6 Å². The van der Waals surface area contributed by atoms with E-state index in [1.165, 1.54) is 18.2 Å². The maximum Gasteiger partial charge on any atom is 0.408 e. The van der Waals surface area contributed by atoms with Crippen LogP contribution in [0.5, 0.6) is 0 Å². The maximum absolute atomic E-state index is 12.2. The van der Waals surface area contributed by atoms with Crippen molar-refractivity contribution in [2.24, 2.45) is 0 Å². The van der Waals surface area contributed by atoms with Crippen LogP contribution in [0, 0.1) is 0 Å². The molecule has 0 spiro atoms. The number of rotatable bonds is 7. The third kappa shape index (κ3) is 8.58.